The van der Waals surface area contributed by atoms with Crippen LogP contribution in [-0.4, -0.2) is 33.8 Å². The Bertz CT molecular complexity index is 573. The fraction of sp³-hybridized carbons (Fsp3) is 0.417. The van der Waals surface area contributed by atoms with Gasteiger partial charge in [0.15, 0.2) is 0 Å². The molecule has 0 aliphatic carbocycles. The van der Waals surface area contributed by atoms with Gasteiger partial charge in [-0.05, 0) is 18.2 Å². The maximum Gasteiger partial charge on any atom is 0.306 e. The standard InChI is InChI=1S/C12H18N2O4S2/c1-3-14-20(16,17)9-4-5-10(13)11(8-9)19-7-6-12(15)18-2/h4-5,8,14H,3,6-7,13H2,1-2H3. The number of sulfonamides is 1. The first-order valence-corrected chi connectivity index (χ1v) is 8.46. The third kappa shape index (κ3) is 4.69. The van der Waals surface area contributed by atoms with E-state index in [0.29, 0.717) is 22.9 Å². The Morgan fingerprint density at radius 2 is 2.15 bits per heavy atom. The van der Waals surface area contributed by atoms with Gasteiger partial charge in [-0.1, -0.05) is 6.92 Å². The molecule has 0 fully saturated rings. The van der Waals surface area contributed by atoms with Gasteiger partial charge in [-0.2, -0.15) is 0 Å². The molecule has 6 nitrogen and oxygen atoms in total. The summed E-state index contributed by atoms with van der Waals surface area (Å²) in [7, 11) is -2.18. The number of carbonyl (C=O) groups is 1. The molecule has 3 N–H and O–H groups in total. The summed E-state index contributed by atoms with van der Waals surface area (Å²) in [6, 6.07) is 4.51. The summed E-state index contributed by atoms with van der Waals surface area (Å²) < 4.78 is 30.7. The molecule has 0 saturated carbocycles. The number of benzene rings is 1. The van der Waals surface area contributed by atoms with E-state index < -0.39 is 10.0 Å². The van der Waals surface area contributed by atoms with Crippen molar-refractivity contribution in [3.8, 4) is 0 Å². The number of nitrogens with two attached hydrogens (primary N) is 1. The Balaban J connectivity index is 2.84. The third-order valence-electron chi connectivity index (χ3n) is 2.42. The van der Waals surface area contributed by atoms with Crippen LogP contribution in [0.5, 0.6) is 0 Å². The number of methoxy groups -OCH3 is 1. The summed E-state index contributed by atoms with van der Waals surface area (Å²) in [5, 5.41) is 0. The van der Waals surface area contributed by atoms with Crippen molar-refractivity contribution in [3.05, 3.63) is 18.2 Å². The highest BCUT2D eigenvalue weighted by Crippen LogP contribution is 2.28. The van der Waals surface area contributed by atoms with Gasteiger partial charge in [0, 0.05) is 22.9 Å². The number of hydrogen-bond donors (Lipinski definition) is 2. The first-order valence-electron chi connectivity index (χ1n) is 5.99. The van der Waals surface area contributed by atoms with Gasteiger partial charge in [0.2, 0.25) is 10.0 Å². The Morgan fingerprint density at radius 3 is 2.75 bits per heavy atom. The molecular weight excluding hydrogens is 300 g/mol. The summed E-state index contributed by atoms with van der Waals surface area (Å²) >= 11 is 1.32. The molecule has 0 amide bonds. The predicted octanol–water partition coefficient (Wildman–Crippen LogP) is 1.22. The van der Waals surface area contributed by atoms with Crippen molar-refractivity contribution in [1.82, 2.24) is 4.72 Å². The summed E-state index contributed by atoms with van der Waals surface area (Å²) in [5.74, 6) is 0.161. The van der Waals surface area contributed by atoms with Crippen LogP contribution >= 0.6 is 11.8 Å². The number of rotatable bonds is 7. The Hall–Kier alpha value is -1.25. The first kappa shape index (κ1) is 16.8. The van der Waals surface area contributed by atoms with Crippen molar-refractivity contribution in [2.45, 2.75) is 23.1 Å². The molecule has 0 aliphatic rings. The number of thioether (sulfide) groups is 1. The smallest absolute Gasteiger partial charge is 0.306 e. The molecule has 1 rings (SSSR count). The number of esters is 1. The second kappa shape index (κ2) is 7.51. The average Bonchev–Trinajstić information content (AvgIpc) is 2.40. The first-order chi connectivity index (χ1) is 9.40. The van der Waals surface area contributed by atoms with Gasteiger partial charge >= 0.3 is 5.97 Å². The van der Waals surface area contributed by atoms with Gasteiger partial charge < -0.3 is 10.5 Å². The monoisotopic (exact) mass is 318 g/mol. The Kier molecular flexibility index (Phi) is 6.31. The summed E-state index contributed by atoms with van der Waals surface area (Å²) in [4.78, 5) is 11.8. The van der Waals surface area contributed by atoms with E-state index in [2.05, 4.69) is 9.46 Å². The van der Waals surface area contributed by atoms with Crippen LogP contribution in [0.2, 0.25) is 0 Å². The molecule has 112 valence electrons. The number of carbonyl (C=O) groups excluding carboxylic acids is 1. The zero-order valence-electron chi connectivity index (χ0n) is 11.4. The molecule has 0 aliphatic heterocycles. The molecule has 1 aromatic carbocycles. The molecule has 20 heavy (non-hydrogen) atoms. The zero-order valence-corrected chi connectivity index (χ0v) is 13.0. The second-order valence-corrected chi connectivity index (χ2v) is 6.78. The largest absolute Gasteiger partial charge is 0.469 e. The van der Waals surface area contributed by atoms with E-state index in [4.69, 9.17) is 5.73 Å². The van der Waals surface area contributed by atoms with Crippen molar-refractivity contribution in [3.63, 3.8) is 0 Å². The van der Waals surface area contributed by atoms with Crippen molar-refractivity contribution < 1.29 is 17.9 Å². The molecule has 0 atom stereocenters. The fourth-order valence-electron chi connectivity index (χ4n) is 1.43. The van der Waals surface area contributed by atoms with Crippen molar-refractivity contribution in [2.75, 3.05) is 25.1 Å². The van der Waals surface area contributed by atoms with Gasteiger partial charge in [-0.15, -0.1) is 11.8 Å². The van der Waals surface area contributed by atoms with E-state index in [9.17, 15) is 13.2 Å². The normalized spacial score (nSPS) is 11.3. The summed E-state index contributed by atoms with van der Waals surface area (Å²) in [6.45, 7) is 2.03. The van der Waals surface area contributed by atoms with Crippen LogP contribution in [0.15, 0.2) is 28.0 Å². The quantitative estimate of drug-likeness (QED) is 0.445. The third-order valence-corrected chi connectivity index (χ3v) is 5.04. The van der Waals surface area contributed by atoms with Crippen LogP contribution in [-0.2, 0) is 19.6 Å². The maximum absolute atomic E-state index is 11.9. The van der Waals surface area contributed by atoms with E-state index in [-0.39, 0.29) is 17.3 Å². The lowest BCUT2D eigenvalue weighted by Crippen LogP contribution is -2.23. The molecule has 0 bridgehead atoms. The van der Waals surface area contributed by atoms with E-state index in [1.165, 1.54) is 31.0 Å². The topological polar surface area (TPSA) is 98.5 Å². The molecule has 8 heteroatoms. The van der Waals surface area contributed by atoms with Gasteiger partial charge in [-0.3, -0.25) is 4.79 Å². The number of anilines is 1. The van der Waals surface area contributed by atoms with Crippen LogP contribution in [0.1, 0.15) is 13.3 Å². The van der Waals surface area contributed by atoms with E-state index in [1.54, 1.807) is 13.0 Å². The van der Waals surface area contributed by atoms with Crippen LogP contribution in [0, 0.1) is 0 Å². The lowest BCUT2D eigenvalue weighted by Gasteiger charge is -2.09. The Morgan fingerprint density at radius 1 is 1.45 bits per heavy atom. The van der Waals surface area contributed by atoms with Crippen molar-refractivity contribution in [1.29, 1.82) is 0 Å². The minimum Gasteiger partial charge on any atom is -0.469 e. The van der Waals surface area contributed by atoms with Crippen LogP contribution in [0.25, 0.3) is 0 Å². The molecule has 0 heterocycles. The molecule has 0 spiro atoms. The Labute approximate surface area is 123 Å². The second-order valence-electron chi connectivity index (χ2n) is 3.88. The zero-order chi connectivity index (χ0) is 15.2. The summed E-state index contributed by atoms with van der Waals surface area (Å²) in [5.41, 5.74) is 6.29. The molecule has 0 unspecified atom stereocenters. The predicted molar refractivity (Wildman–Crippen MR) is 79.1 cm³/mol. The van der Waals surface area contributed by atoms with Crippen molar-refractivity contribution in [2.24, 2.45) is 0 Å². The summed E-state index contributed by atoms with van der Waals surface area (Å²) in [6.07, 6.45) is 0.241. The van der Waals surface area contributed by atoms with E-state index in [1.807, 2.05) is 0 Å². The van der Waals surface area contributed by atoms with Crippen LogP contribution in [0.3, 0.4) is 0 Å². The molecule has 0 saturated heterocycles. The fourth-order valence-corrected chi connectivity index (χ4v) is 3.50. The molecule has 0 aromatic heterocycles. The highest BCUT2D eigenvalue weighted by atomic mass is 32.2. The van der Waals surface area contributed by atoms with Crippen molar-refractivity contribution >= 4 is 33.4 Å². The number of nitrogens with one attached hydrogen (secondary N) is 1. The number of hydrogen-bond acceptors (Lipinski definition) is 6. The minimum atomic E-state index is -3.51. The average molecular weight is 318 g/mol. The lowest BCUT2D eigenvalue weighted by atomic mass is 10.3. The van der Waals surface area contributed by atoms with Gasteiger partial charge in [0.25, 0.3) is 0 Å². The van der Waals surface area contributed by atoms with Gasteiger partial charge in [0.05, 0.1) is 18.4 Å². The maximum atomic E-state index is 11.9. The van der Waals surface area contributed by atoms with Crippen LogP contribution < -0.4 is 10.5 Å². The van der Waals surface area contributed by atoms with Gasteiger partial charge in [-0.25, -0.2) is 13.1 Å². The number of nitrogen functional groups attached to an aromatic ring is 1. The SMILES string of the molecule is CCNS(=O)(=O)c1ccc(N)c(SCCC(=O)OC)c1. The van der Waals surface area contributed by atoms with Crippen LogP contribution in [0.4, 0.5) is 5.69 Å². The lowest BCUT2D eigenvalue weighted by molar-refractivity contribution is -0.140. The highest BCUT2D eigenvalue weighted by molar-refractivity contribution is 7.99. The molecule has 1 aromatic rings. The van der Waals surface area contributed by atoms with E-state index in [0.717, 1.165) is 0 Å². The highest BCUT2D eigenvalue weighted by Gasteiger charge is 2.14. The van der Waals surface area contributed by atoms with E-state index >= 15 is 0 Å². The molecular formula is C12H18N2O4S2. The number of ether oxygens (including phenoxy) is 1. The van der Waals surface area contributed by atoms with Gasteiger partial charge in [0.1, 0.15) is 0 Å². The minimum absolute atomic E-state index is 0.161. The molecule has 0 radical (unpaired) electrons.